The number of Topliss-reactive ketones (excluding diaryl/α,β-unsaturated/α-hetero) is 1. The van der Waals surface area contributed by atoms with Crippen LogP contribution in [0, 0.1) is 11.3 Å². The first-order chi connectivity index (χ1) is 13.0. The number of nitrogens with zero attached hydrogens (tertiary/aromatic N) is 2. The lowest BCUT2D eigenvalue weighted by atomic mass is 10.1. The molecule has 144 valence electrons. The molecule has 6 nitrogen and oxygen atoms in total. The van der Waals surface area contributed by atoms with Gasteiger partial charge in [0.15, 0.2) is 5.75 Å². The molecule has 10 heteroatoms. The molecule has 27 heavy (non-hydrogen) atoms. The lowest BCUT2D eigenvalue weighted by Crippen LogP contribution is -2.05. The number of halogens is 2. The Balaban J connectivity index is 0.000000817. The van der Waals surface area contributed by atoms with E-state index in [4.69, 9.17) is 5.26 Å². The molecule has 0 radical (unpaired) electrons. The first-order valence-corrected chi connectivity index (χ1v) is 12.1. The molecule has 1 fully saturated rings. The van der Waals surface area contributed by atoms with Crippen LogP contribution >= 0.6 is 42.3 Å². The number of aromatic nitrogens is 1. The van der Waals surface area contributed by atoms with Crippen molar-refractivity contribution in [2.75, 3.05) is 18.8 Å². The smallest absolute Gasteiger partial charge is 0.220 e. The Bertz CT molecular complexity index is 893. The van der Waals surface area contributed by atoms with Gasteiger partial charge < -0.3 is 10.0 Å². The Morgan fingerprint density at radius 2 is 2.11 bits per heavy atom. The molecular weight excluding hydrogens is 502 g/mol. The van der Waals surface area contributed by atoms with Gasteiger partial charge in [-0.05, 0) is 57.1 Å². The normalized spacial score (nSPS) is 12.7. The van der Waals surface area contributed by atoms with E-state index >= 15 is 0 Å². The molecule has 0 unspecified atom stereocenters. The molecular formula is C17H18FIN4O2S2. The third-order valence-corrected chi connectivity index (χ3v) is 6.37. The Hall–Kier alpha value is -1.42. The van der Waals surface area contributed by atoms with E-state index in [1.807, 2.05) is 35.3 Å². The summed E-state index contributed by atoms with van der Waals surface area (Å²) in [6.07, 6.45) is 2.28. The average Bonchev–Trinajstić information content (AvgIpc) is 3.44. The summed E-state index contributed by atoms with van der Waals surface area (Å²) in [5, 5.41) is 12.8. The molecule has 0 bridgehead atoms. The molecule has 0 aliphatic heterocycles. The lowest BCUT2D eigenvalue weighted by molar-refractivity contribution is -0.00504. The first kappa shape index (κ1) is 21.9. The summed E-state index contributed by atoms with van der Waals surface area (Å²) in [7, 11) is 5.04. The van der Waals surface area contributed by atoms with Gasteiger partial charge in [-0.1, -0.05) is 6.58 Å². The SMILES string of the molecule is C=C(C#N)C(=O)c1cc2cc(OF)c(NSC3CC3)cc2n1SI.CNC. The van der Waals surface area contributed by atoms with Gasteiger partial charge in [0.2, 0.25) is 5.78 Å². The maximum absolute atomic E-state index is 12.9. The van der Waals surface area contributed by atoms with E-state index in [1.54, 1.807) is 22.2 Å². The van der Waals surface area contributed by atoms with E-state index in [1.165, 1.54) is 27.1 Å². The zero-order chi connectivity index (χ0) is 20.0. The van der Waals surface area contributed by atoms with Crippen LogP contribution in [0.1, 0.15) is 23.3 Å². The number of rotatable bonds is 7. The van der Waals surface area contributed by atoms with Gasteiger partial charge >= 0.3 is 0 Å². The van der Waals surface area contributed by atoms with Crippen molar-refractivity contribution in [1.82, 2.24) is 9.29 Å². The van der Waals surface area contributed by atoms with Crippen molar-refractivity contribution in [1.29, 1.82) is 5.26 Å². The van der Waals surface area contributed by atoms with Crippen molar-refractivity contribution < 1.29 is 14.3 Å². The highest BCUT2D eigenvalue weighted by atomic mass is 127. The fourth-order valence-corrected chi connectivity index (χ4v) is 4.67. The van der Waals surface area contributed by atoms with Crippen LogP contribution in [0.5, 0.6) is 5.75 Å². The molecule has 1 aliphatic carbocycles. The zero-order valence-corrected chi connectivity index (χ0v) is 18.5. The highest BCUT2D eigenvalue weighted by Gasteiger charge is 2.24. The third kappa shape index (κ3) is 5.31. The van der Waals surface area contributed by atoms with Crippen LogP contribution in [-0.4, -0.2) is 29.1 Å². The van der Waals surface area contributed by atoms with Gasteiger partial charge in [-0.15, -0.1) is 0 Å². The number of benzene rings is 1. The molecule has 0 saturated heterocycles. The van der Waals surface area contributed by atoms with Crippen molar-refractivity contribution in [2.45, 2.75) is 18.1 Å². The minimum Gasteiger partial charge on any atom is -0.326 e. The number of allylic oxidation sites excluding steroid dienone is 1. The van der Waals surface area contributed by atoms with Crippen LogP contribution in [0.3, 0.4) is 0 Å². The quantitative estimate of drug-likeness (QED) is 0.174. The maximum atomic E-state index is 12.9. The van der Waals surface area contributed by atoms with E-state index in [0.29, 0.717) is 22.0 Å². The van der Waals surface area contributed by atoms with Gasteiger partial charge in [0.1, 0.15) is 11.8 Å². The predicted molar refractivity (Wildman–Crippen MR) is 119 cm³/mol. The fourth-order valence-electron chi connectivity index (χ4n) is 2.13. The van der Waals surface area contributed by atoms with Crippen LogP contribution in [0.2, 0.25) is 0 Å². The number of carbonyl (C=O) groups is 1. The Morgan fingerprint density at radius 1 is 1.44 bits per heavy atom. The summed E-state index contributed by atoms with van der Waals surface area (Å²) in [5.74, 6) is -0.396. The van der Waals surface area contributed by atoms with Gasteiger partial charge in [0.05, 0.1) is 16.8 Å². The minimum absolute atomic E-state index is 0.0596. The second-order valence-electron chi connectivity index (χ2n) is 5.72. The topological polar surface area (TPSA) is 79.1 Å². The summed E-state index contributed by atoms with van der Waals surface area (Å²) >= 11 is 3.58. The van der Waals surface area contributed by atoms with Crippen molar-refractivity contribution in [2.24, 2.45) is 0 Å². The van der Waals surface area contributed by atoms with Crippen molar-refractivity contribution in [3.05, 3.63) is 36.0 Å². The van der Waals surface area contributed by atoms with Crippen molar-refractivity contribution in [3.63, 3.8) is 0 Å². The standard InChI is InChI=1S/C15H11FIN3O2S2.C2H7N/c1-8(7-18)15(21)13-4-9-5-14(22-16)11(19-23-10-2-3-10)6-12(9)20(13)24-17;1-3-2/h4-6,10,19H,1-3H2;3H,1-2H3. The van der Waals surface area contributed by atoms with Gasteiger partial charge in [-0.25, -0.2) is 0 Å². The molecule has 1 aromatic heterocycles. The summed E-state index contributed by atoms with van der Waals surface area (Å²) in [6.45, 7) is 3.47. The Labute approximate surface area is 177 Å². The number of anilines is 1. The van der Waals surface area contributed by atoms with Crippen LogP contribution in [0.15, 0.2) is 30.4 Å². The minimum atomic E-state index is -0.456. The van der Waals surface area contributed by atoms with Crippen LogP contribution in [0.25, 0.3) is 10.9 Å². The molecule has 1 aromatic carbocycles. The van der Waals surface area contributed by atoms with E-state index in [0.717, 1.165) is 18.4 Å². The Kier molecular flexibility index (Phi) is 8.28. The molecule has 2 N–H and O–H groups in total. The number of nitriles is 1. The van der Waals surface area contributed by atoms with Crippen LogP contribution in [-0.2, 0) is 0 Å². The zero-order valence-electron chi connectivity index (χ0n) is 14.7. The summed E-state index contributed by atoms with van der Waals surface area (Å²) in [6, 6.07) is 6.63. The second kappa shape index (κ2) is 10.2. The highest BCUT2D eigenvalue weighted by molar-refractivity contribution is 14.2. The summed E-state index contributed by atoms with van der Waals surface area (Å²) in [5.41, 5.74) is 1.40. The van der Waals surface area contributed by atoms with Gasteiger partial charge in [0, 0.05) is 45.5 Å². The van der Waals surface area contributed by atoms with E-state index in [-0.39, 0.29) is 11.3 Å². The number of nitrogens with one attached hydrogen (secondary N) is 2. The molecule has 0 amide bonds. The molecule has 1 heterocycles. The van der Waals surface area contributed by atoms with E-state index in [2.05, 4.69) is 21.6 Å². The number of hydrogen-bond donors (Lipinski definition) is 2. The Morgan fingerprint density at radius 3 is 2.63 bits per heavy atom. The average molecular weight is 520 g/mol. The summed E-state index contributed by atoms with van der Waals surface area (Å²) < 4.78 is 17.7. The second-order valence-corrected chi connectivity index (χ2v) is 8.51. The molecule has 1 saturated carbocycles. The molecule has 0 spiro atoms. The van der Waals surface area contributed by atoms with Crippen molar-refractivity contribution in [3.8, 4) is 11.8 Å². The maximum Gasteiger partial charge on any atom is 0.220 e. The fraction of sp³-hybridized carbons (Fsp3) is 0.294. The van der Waals surface area contributed by atoms with E-state index in [9.17, 15) is 9.32 Å². The predicted octanol–water partition coefficient (Wildman–Crippen LogP) is 5.07. The molecule has 3 rings (SSSR count). The lowest BCUT2D eigenvalue weighted by Gasteiger charge is -2.09. The molecule has 1 aliphatic rings. The third-order valence-electron chi connectivity index (χ3n) is 3.51. The largest absolute Gasteiger partial charge is 0.326 e. The number of fused-ring (bicyclic) bond motifs is 1. The van der Waals surface area contributed by atoms with Crippen LogP contribution < -0.4 is 15.0 Å². The number of hydrogen-bond acceptors (Lipinski definition) is 7. The monoisotopic (exact) mass is 520 g/mol. The van der Waals surface area contributed by atoms with Gasteiger partial charge in [0.25, 0.3) is 0 Å². The molecule has 2 aromatic rings. The van der Waals surface area contributed by atoms with Crippen molar-refractivity contribution >= 4 is 64.6 Å². The molecule has 0 atom stereocenters. The summed E-state index contributed by atoms with van der Waals surface area (Å²) in [4.78, 5) is 16.3. The number of carbonyl (C=O) groups excluding carboxylic acids is 1. The highest BCUT2D eigenvalue weighted by Crippen LogP contribution is 2.40. The number of ketones is 1. The van der Waals surface area contributed by atoms with Crippen LogP contribution in [0.4, 0.5) is 10.2 Å². The van der Waals surface area contributed by atoms with Gasteiger partial charge in [-0.2, -0.15) is 5.26 Å². The van der Waals surface area contributed by atoms with E-state index < -0.39 is 5.78 Å². The first-order valence-electron chi connectivity index (χ1n) is 7.91. The van der Waals surface area contributed by atoms with Gasteiger partial charge in [-0.3, -0.25) is 13.7 Å².